The standard InChI is InChI=1S/C14H23N3O2/c1-10-11(2)17(9-15-10)8-4-7-14(3,13(18)19)16-12-5-6-12/h9,12,16H,4-8H2,1-3H3,(H,18,19). The van der Waals surface area contributed by atoms with Crippen LogP contribution in [0.2, 0.25) is 0 Å². The second kappa shape index (κ2) is 5.33. The molecule has 1 aromatic rings. The molecule has 0 spiro atoms. The van der Waals surface area contributed by atoms with Gasteiger partial charge >= 0.3 is 5.97 Å². The molecule has 0 bridgehead atoms. The zero-order valence-electron chi connectivity index (χ0n) is 11.9. The second-order valence-corrected chi connectivity index (χ2v) is 5.77. The van der Waals surface area contributed by atoms with E-state index < -0.39 is 11.5 Å². The Kier molecular flexibility index (Phi) is 3.94. The molecule has 0 aliphatic heterocycles. The maximum absolute atomic E-state index is 11.4. The van der Waals surface area contributed by atoms with Crippen LogP contribution in [0.1, 0.15) is 44.0 Å². The summed E-state index contributed by atoms with van der Waals surface area (Å²) < 4.78 is 2.09. The van der Waals surface area contributed by atoms with Gasteiger partial charge in [0.25, 0.3) is 0 Å². The number of hydrogen-bond donors (Lipinski definition) is 2. The van der Waals surface area contributed by atoms with Crippen molar-refractivity contribution in [2.75, 3.05) is 0 Å². The van der Waals surface area contributed by atoms with Crippen molar-refractivity contribution in [1.29, 1.82) is 0 Å². The highest BCUT2D eigenvalue weighted by Gasteiger charge is 2.37. The fourth-order valence-corrected chi connectivity index (χ4v) is 2.29. The van der Waals surface area contributed by atoms with Crippen LogP contribution in [0.3, 0.4) is 0 Å². The van der Waals surface area contributed by atoms with Crippen LogP contribution in [-0.2, 0) is 11.3 Å². The Hall–Kier alpha value is -1.36. The maximum atomic E-state index is 11.4. The van der Waals surface area contributed by atoms with Crippen molar-refractivity contribution in [2.24, 2.45) is 0 Å². The largest absolute Gasteiger partial charge is 0.480 e. The highest BCUT2D eigenvalue weighted by molar-refractivity contribution is 5.78. The molecule has 1 aliphatic rings. The fraction of sp³-hybridized carbons (Fsp3) is 0.714. The molecule has 1 aliphatic carbocycles. The van der Waals surface area contributed by atoms with E-state index in [1.54, 1.807) is 6.92 Å². The molecule has 0 radical (unpaired) electrons. The van der Waals surface area contributed by atoms with Crippen molar-refractivity contribution in [2.45, 2.75) is 64.6 Å². The van der Waals surface area contributed by atoms with Crippen LogP contribution in [0.4, 0.5) is 0 Å². The molecule has 0 amide bonds. The van der Waals surface area contributed by atoms with E-state index in [4.69, 9.17) is 0 Å². The molecule has 5 nitrogen and oxygen atoms in total. The average Bonchev–Trinajstić information content (AvgIpc) is 3.10. The number of rotatable bonds is 7. The zero-order chi connectivity index (χ0) is 14.0. The molecule has 1 saturated carbocycles. The Labute approximate surface area is 114 Å². The SMILES string of the molecule is Cc1ncn(CCCC(C)(NC2CC2)C(=O)O)c1C. The lowest BCUT2D eigenvalue weighted by molar-refractivity contribution is -0.144. The Morgan fingerprint density at radius 1 is 1.58 bits per heavy atom. The van der Waals surface area contributed by atoms with Gasteiger partial charge in [0, 0.05) is 18.3 Å². The molecule has 1 heterocycles. The number of aromatic nitrogens is 2. The molecule has 2 N–H and O–H groups in total. The van der Waals surface area contributed by atoms with Crippen LogP contribution in [0.25, 0.3) is 0 Å². The maximum Gasteiger partial charge on any atom is 0.323 e. The summed E-state index contributed by atoms with van der Waals surface area (Å²) in [4.78, 5) is 15.7. The predicted molar refractivity (Wildman–Crippen MR) is 73.1 cm³/mol. The van der Waals surface area contributed by atoms with Crippen molar-refractivity contribution in [1.82, 2.24) is 14.9 Å². The highest BCUT2D eigenvalue weighted by atomic mass is 16.4. The Morgan fingerprint density at radius 3 is 2.74 bits per heavy atom. The first kappa shape index (κ1) is 14.1. The third-order valence-corrected chi connectivity index (χ3v) is 3.99. The number of carboxylic acids is 1. The molecule has 1 unspecified atom stereocenters. The van der Waals surface area contributed by atoms with Gasteiger partial charge in [0.2, 0.25) is 0 Å². The van der Waals surface area contributed by atoms with Gasteiger partial charge in [-0.05, 0) is 46.5 Å². The number of aliphatic carboxylic acids is 1. The van der Waals surface area contributed by atoms with Crippen LogP contribution < -0.4 is 5.32 Å². The van der Waals surface area contributed by atoms with Crippen molar-refractivity contribution in [3.63, 3.8) is 0 Å². The Balaban J connectivity index is 1.88. The van der Waals surface area contributed by atoms with Crippen molar-refractivity contribution >= 4 is 5.97 Å². The van der Waals surface area contributed by atoms with E-state index >= 15 is 0 Å². The molecular weight excluding hydrogens is 242 g/mol. The molecular formula is C14H23N3O2. The third kappa shape index (κ3) is 3.35. The van der Waals surface area contributed by atoms with Crippen LogP contribution in [-0.4, -0.2) is 32.2 Å². The highest BCUT2D eigenvalue weighted by Crippen LogP contribution is 2.25. The summed E-state index contributed by atoms with van der Waals surface area (Å²) in [7, 11) is 0. The first-order valence-electron chi connectivity index (χ1n) is 6.92. The summed E-state index contributed by atoms with van der Waals surface area (Å²) in [6, 6.07) is 0.401. The van der Waals surface area contributed by atoms with Gasteiger partial charge in [0.05, 0.1) is 12.0 Å². The lowest BCUT2D eigenvalue weighted by Gasteiger charge is -2.26. The van der Waals surface area contributed by atoms with Gasteiger partial charge in [-0.2, -0.15) is 0 Å². The van der Waals surface area contributed by atoms with E-state index in [0.29, 0.717) is 12.5 Å². The number of nitrogens with one attached hydrogen (secondary N) is 1. The van der Waals surface area contributed by atoms with Crippen molar-refractivity contribution < 1.29 is 9.90 Å². The number of carboxylic acid groups (broad SMARTS) is 1. The summed E-state index contributed by atoms with van der Waals surface area (Å²) >= 11 is 0. The number of nitrogens with zero attached hydrogens (tertiary/aromatic N) is 2. The minimum Gasteiger partial charge on any atom is -0.480 e. The van der Waals surface area contributed by atoms with Crippen LogP contribution in [0.5, 0.6) is 0 Å². The fourth-order valence-electron chi connectivity index (χ4n) is 2.29. The summed E-state index contributed by atoms with van der Waals surface area (Å²) in [5, 5.41) is 12.6. The van der Waals surface area contributed by atoms with Crippen molar-refractivity contribution in [3.05, 3.63) is 17.7 Å². The quantitative estimate of drug-likeness (QED) is 0.790. The van der Waals surface area contributed by atoms with Gasteiger partial charge in [-0.15, -0.1) is 0 Å². The minimum atomic E-state index is -0.801. The molecule has 1 fully saturated rings. The average molecular weight is 265 g/mol. The summed E-state index contributed by atoms with van der Waals surface area (Å²) in [5.74, 6) is -0.752. The smallest absolute Gasteiger partial charge is 0.323 e. The third-order valence-electron chi connectivity index (χ3n) is 3.99. The van der Waals surface area contributed by atoms with E-state index in [1.807, 2.05) is 20.2 Å². The lowest BCUT2D eigenvalue weighted by atomic mass is 9.95. The van der Waals surface area contributed by atoms with Gasteiger partial charge in [-0.1, -0.05) is 0 Å². The Bertz CT molecular complexity index is 465. The number of imidazole rings is 1. The van der Waals surface area contributed by atoms with E-state index in [0.717, 1.165) is 37.2 Å². The number of aryl methyl sites for hydroxylation is 2. The molecule has 19 heavy (non-hydrogen) atoms. The predicted octanol–water partition coefficient (Wildman–Crippen LogP) is 1.88. The Morgan fingerprint density at radius 2 is 2.26 bits per heavy atom. The molecule has 5 heteroatoms. The van der Waals surface area contributed by atoms with E-state index in [9.17, 15) is 9.90 Å². The molecule has 2 rings (SSSR count). The van der Waals surface area contributed by atoms with Gasteiger partial charge in [-0.3, -0.25) is 10.1 Å². The molecule has 0 saturated heterocycles. The van der Waals surface area contributed by atoms with Crippen LogP contribution >= 0.6 is 0 Å². The van der Waals surface area contributed by atoms with Gasteiger partial charge in [-0.25, -0.2) is 4.98 Å². The van der Waals surface area contributed by atoms with Crippen LogP contribution in [0, 0.1) is 13.8 Å². The van der Waals surface area contributed by atoms with Crippen molar-refractivity contribution in [3.8, 4) is 0 Å². The van der Waals surface area contributed by atoms with Gasteiger partial charge in [0.15, 0.2) is 0 Å². The molecule has 0 aromatic carbocycles. The van der Waals surface area contributed by atoms with E-state index in [1.165, 1.54) is 0 Å². The minimum absolute atomic E-state index is 0.401. The summed E-state index contributed by atoms with van der Waals surface area (Å²) in [5.41, 5.74) is 1.40. The second-order valence-electron chi connectivity index (χ2n) is 5.77. The monoisotopic (exact) mass is 265 g/mol. The first-order valence-corrected chi connectivity index (χ1v) is 6.92. The molecule has 106 valence electrons. The summed E-state index contributed by atoms with van der Waals surface area (Å²) in [6.07, 6.45) is 5.50. The van der Waals surface area contributed by atoms with E-state index in [-0.39, 0.29) is 0 Å². The van der Waals surface area contributed by atoms with Gasteiger partial charge < -0.3 is 9.67 Å². The first-order chi connectivity index (χ1) is 8.92. The van der Waals surface area contributed by atoms with E-state index in [2.05, 4.69) is 14.9 Å². The van der Waals surface area contributed by atoms with Gasteiger partial charge in [0.1, 0.15) is 5.54 Å². The number of carbonyl (C=O) groups is 1. The van der Waals surface area contributed by atoms with Crippen LogP contribution in [0.15, 0.2) is 6.33 Å². The lowest BCUT2D eigenvalue weighted by Crippen LogP contribution is -2.50. The zero-order valence-corrected chi connectivity index (χ0v) is 11.9. The number of hydrogen-bond acceptors (Lipinski definition) is 3. The topological polar surface area (TPSA) is 67.2 Å². The molecule has 1 aromatic heterocycles. The summed E-state index contributed by atoms with van der Waals surface area (Å²) in [6.45, 7) is 6.64. The normalized spacial score (nSPS) is 18.3. The molecule has 1 atom stereocenters.